The van der Waals surface area contributed by atoms with Crippen molar-refractivity contribution < 1.29 is 9.47 Å². The fraction of sp³-hybridized carbons (Fsp3) is 0.286. The molecule has 0 aliphatic carbocycles. The fourth-order valence-corrected chi connectivity index (χ4v) is 3.98. The standard InChI is InChI=1S/C14H14BrNO2S/c1-17-8-2-3-9-11(16)7-13(18-12(9)6-8)14-10(15)4-5-19-14/h2-6,11,13H,7,16H2,1H3. The number of methoxy groups -OCH3 is 1. The minimum Gasteiger partial charge on any atom is -0.497 e. The second-order valence-corrected chi connectivity index (χ2v) is 6.29. The van der Waals surface area contributed by atoms with Gasteiger partial charge in [-0.05, 0) is 33.4 Å². The van der Waals surface area contributed by atoms with Crippen LogP contribution in [0.4, 0.5) is 0 Å². The second kappa shape index (κ2) is 5.15. The molecule has 5 heteroatoms. The van der Waals surface area contributed by atoms with E-state index in [1.165, 1.54) is 4.88 Å². The van der Waals surface area contributed by atoms with E-state index >= 15 is 0 Å². The van der Waals surface area contributed by atoms with Crippen molar-refractivity contribution in [3.8, 4) is 11.5 Å². The Hall–Kier alpha value is -1.04. The molecule has 19 heavy (non-hydrogen) atoms. The monoisotopic (exact) mass is 339 g/mol. The van der Waals surface area contributed by atoms with Gasteiger partial charge in [-0.25, -0.2) is 0 Å². The Balaban J connectivity index is 1.96. The minimum absolute atomic E-state index is 0.00369. The molecule has 2 aromatic rings. The molecular formula is C14H14BrNO2S. The number of ether oxygens (including phenoxy) is 2. The third-order valence-electron chi connectivity index (χ3n) is 3.29. The molecule has 0 bridgehead atoms. The van der Waals surface area contributed by atoms with Crippen LogP contribution in [0.3, 0.4) is 0 Å². The fourth-order valence-electron chi connectivity index (χ4n) is 2.30. The lowest BCUT2D eigenvalue weighted by molar-refractivity contribution is 0.163. The lowest BCUT2D eigenvalue weighted by Gasteiger charge is -2.30. The molecule has 2 heterocycles. The normalized spacial score (nSPS) is 21.6. The van der Waals surface area contributed by atoms with E-state index in [-0.39, 0.29) is 12.1 Å². The van der Waals surface area contributed by atoms with Crippen LogP contribution < -0.4 is 15.2 Å². The Morgan fingerprint density at radius 3 is 2.95 bits per heavy atom. The number of hydrogen-bond acceptors (Lipinski definition) is 4. The quantitative estimate of drug-likeness (QED) is 0.897. The van der Waals surface area contributed by atoms with E-state index in [9.17, 15) is 0 Å². The van der Waals surface area contributed by atoms with Crippen LogP contribution in [0.25, 0.3) is 0 Å². The number of fused-ring (bicyclic) bond motifs is 1. The van der Waals surface area contributed by atoms with Crippen LogP contribution in [0.15, 0.2) is 34.1 Å². The molecule has 1 aromatic carbocycles. The molecule has 0 radical (unpaired) electrons. The highest BCUT2D eigenvalue weighted by molar-refractivity contribution is 9.10. The summed E-state index contributed by atoms with van der Waals surface area (Å²) in [6, 6.07) is 7.84. The molecule has 3 rings (SSSR count). The van der Waals surface area contributed by atoms with E-state index in [0.717, 1.165) is 28.0 Å². The highest BCUT2D eigenvalue weighted by Crippen LogP contribution is 2.44. The second-order valence-electron chi connectivity index (χ2n) is 4.49. The first-order chi connectivity index (χ1) is 9.19. The van der Waals surface area contributed by atoms with E-state index in [0.29, 0.717) is 0 Å². The van der Waals surface area contributed by atoms with Gasteiger partial charge in [0.05, 0.1) is 12.0 Å². The van der Waals surface area contributed by atoms with Crippen molar-refractivity contribution in [2.75, 3.05) is 7.11 Å². The molecule has 0 amide bonds. The van der Waals surface area contributed by atoms with Crippen LogP contribution in [0.5, 0.6) is 11.5 Å². The SMILES string of the molecule is COc1ccc2c(c1)OC(c1sccc1Br)CC2N. The van der Waals surface area contributed by atoms with Crippen molar-refractivity contribution in [2.45, 2.75) is 18.6 Å². The molecule has 0 fully saturated rings. The van der Waals surface area contributed by atoms with E-state index < -0.39 is 0 Å². The lowest BCUT2D eigenvalue weighted by atomic mass is 9.96. The predicted molar refractivity (Wildman–Crippen MR) is 79.9 cm³/mol. The van der Waals surface area contributed by atoms with Crippen molar-refractivity contribution in [3.05, 3.63) is 44.6 Å². The molecule has 1 aromatic heterocycles. The van der Waals surface area contributed by atoms with Gasteiger partial charge in [0.1, 0.15) is 17.6 Å². The van der Waals surface area contributed by atoms with E-state index in [2.05, 4.69) is 21.3 Å². The molecule has 2 N–H and O–H groups in total. The molecule has 1 aliphatic heterocycles. The van der Waals surface area contributed by atoms with Crippen LogP contribution >= 0.6 is 27.3 Å². The van der Waals surface area contributed by atoms with Gasteiger partial charge in [0.25, 0.3) is 0 Å². The number of halogens is 1. The van der Waals surface area contributed by atoms with E-state index in [1.807, 2.05) is 24.3 Å². The predicted octanol–water partition coefficient (Wildman–Crippen LogP) is 4.04. The van der Waals surface area contributed by atoms with Crippen molar-refractivity contribution >= 4 is 27.3 Å². The third-order valence-corrected chi connectivity index (χ3v) is 5.26. The van der Waals surface area contributed by atoms with Gasteiger partial charge in [-0.3, -0.25) is 0 Å². The molecule has 2 unspecified atom stereocenters. The smallest absolute Gasteiger partial charge is 0.136 e. The van der Waals surface area contributed by atoms with E-state index in [1.54, 1.807) is 18.4 Å². The Morgan fingerprint density at radius 1 is 1.42 bits per heavy atom. The molecule has 2 atom stereocenters. The summed E-state index contributed by atoms with van der Waals surface area (Å²) in [5.74, 6) is 1.61. The zero-order valence-electron chi connectivity index (χ0n) is 10.4. The lowest BCUT2D eigenvalue weighted by Crippen LogP contribution is -2.23. The van der Waals surface area contributed by atoms with Gasteiger partial charge in [0, 0.05) is 28.6 Å². The zero-order chi connectivity index (χ0) is 13.4. The summed E-state index contributed by atoms with van der Waals surface area (Å²) >= 11 is 5.24. The highest BCUT2D eigenvalue weighted by Gasteiger charge is 2.29. The van der Waals surface area contributed by atoms with Gasteiger partial charge in [-0.15, -0.1) is 11.3 Å². The van der Waals surface area contributed by atoms with Crippen LogP contribution in [-0.2, 0) is 0 Å². The summed E-state index contributed by atoms with van der Waals surface area (Å²) in [5.41, 5.74) is 7.30. The average Bonchev–Trinajstić information content (AvgIpc) is 2.84. The number of nitrogens with two attached hydrogens (primary N) is 1. The van der Waals surface area contributed by atoms with E-state index in [4.69, 9.17) is 15.2 Å². The van der Waals surface area contributed by atoms with Crippen molar-refractivity contribution in [3.63, 3.8) is 0 Å². The van der Waals surface area contributed by atoms with Crippen LogP contribution in [-0.4, -0.2) is 7.11 Å². The topological polar surface area (TPSA) is 44.5 Å². The van der Waals surface area contributed by atoms with Crippen LogP contribution in [0.1, 0.15) is 29.0 Å². The van der Waals surface area contributed by atoms with Gasteiger partial charge < -0.3 is 15.2 Å². The van der Waals surface area contributed by atoms with Gasteiger partial charge in [0.2, 0.25) is 0 Å². The Kier molecular flexibility index (Phi) is 3.52. The maximum absolute atomic E-state index is 6.25. The summed E-state index contributed by atoms with van der Waals surface area (Å²) in [6.45, 7) is 0. The Morgan fingerprint density at radius 2 is 2.26 bits per heavy atom. The maximum atomic E-state index is 6.25. The molecule has 100 valence electrons. The Bertz CT molecular complexity index is 599. The summed E-state index contributed by atoms with van der Waals surface area (Å²) in [7, 11) is 1.65. The van der Waals surface area contributed by atoms with Gasteiger partial charge in [-0.2, -0.15) is 0 Å². The molecule has 3 nitrogen and oxygen atoms in total. The molecular weight excluding hydrogens is 326 g/mol. The first-order valence-electron chi connectivity index (χ1n) is 6.02. The average molecular weight is 340 g/mol. The zero-order valence-corrected chi connectivity index (χ0v) is 12.8. The largest absolute Gasteiger partial charge is 0.497 e. The van der Waals surface area contributed by atoms with Crippen LogP contribution in [0.2, 0.25) is 0 Å². The van der Waals surface area contributed by atoms with Crippen molar-refractivity contribution in [2.24, 2.45) is 5.73 Å². The first kappa shape index (κ1) is 13.0. The number of rotatable bonds is 2. The number of hydrogen-bond donors (Lipinski definition) is 1. The summed E-state index contributed by atoms with van der Waals surface area (Å²) in [4.78, 5) is 1.18. The number of benzene rings is 1. The number of thiophene rings is 1. The molecule has 0 saturated heterocycles. The first-order valence-corrected chi connectivity index (χ1v) is 7.69. The molecule has 0 spiro atoms. The maximum Gasteiger partial charge on any atom is 0.136 e. The Labute approximate surface area is 124 Å². The highest BCUT2D eigenvalue weighted by atomic mass is 79.9. The van der Waals surface area contributed by atoms with Gasteiger partial charge >= 0.3 is 0 Å². The van der Waals surface area contributed by atoms with Crippen molar-refractivity contribution in [1.29, 1.82) is 0 Å². The summed E-state index contributed by atoms with van der Waals surface area (Å²) < 4.78 is 12.4. The third kappa shape index (κ3) is 2.38. The van der Waals surface area contributed by atoms with Gasteiger partial charge in [-0.1, -0.05) is 6.07 Å². The summed E-state index contributed by atoms with van der Waals surface area (Å²) in [5, 5.41) is 2.05. The van der Waals surface area contributed by atoms with Crippen LogP contribution in [0, 0.1) is 0 Å². The minimum atomic E-state index is -0.00587. The van der Waals surface area contributed by atoms with Gasteiger partial charge in [0.15, 0.2) is 0 Å². The molecule has 1 aliphatic rings. The molecule has 0 saturated carbocycles. The summed E-state index contributed by atoms with van der Waals surface area (Å²) in [6.07, 6.45) is 0.794. The van der Waals surface area contributed by atoms with Crippen molar-refractivity contribution in [1.82, 2.24) is 0 Å².